The van der Waals surface area contributed by atoms with Crippen LogP contribution in [0.25, 0.3) is 0 Å². The maximum absolute atomic E-state index is 12.7. The van der Waals surface area contributed by atoms with E-state index in [1.165, 1.54) is 0 Å². The molecule has 2 aromatic heterocycles. The SMILES string of the molecule is O=C(C[C@H]1CCCO1)N(Cc1ccncc1)Cc1cccnc1. The summed E-state index contributed by atoms with van der Waals surface area (Å²) in [6, 6.07) is 7.77. The third-order valence-corrected chi connectivity index (χ3v) is 4.00. The molecule has 0 aromatic carbocycles. The van der Waals surface area contributed by atoms with Gasteiger partial charge < -0.3 is 9.64 Å². The van der Waals surface area contributed by atoms with Crippen LogP contribution in [0.15, 0.2) is 49.1 Å². The van der Waals surface area contributed by atoms with Crippen LogP contribution in [-0.4, -0.2) is 33.5 Å². The predicted molar refractivity (Wildman–Crippen MR) is 86.3 cm³/mol. The minimum Gasteiger partial charge on any atom is -0.378 e. The van der Waals surface area contributed by atoms with Crippen LogP contribution in [0.4, 0.5) is 0 Å². The summed E-state index contributed by atoms with van der Waals surface area (Å²) in [5.74, 6) is 0.123. The van der Waals surface area contributed by atoms with Crippen LogP contribution >= 0.6 is 0 Å². The Morgan fingerprint density at radius 1 is 1.13 bits per heavy atom. The van der Waals surface area contributed by atoms with Crippen molar-refractivity contribution < 1.29 is 9.53 Å². The zero-order chi connectivity index (χ0) is 15.9. The number of rotatable bonds is 6. The molecule has 0 spiro atoms. The lowest BCUT2D eigenvalue weighted by Gasteiger charge is -2.24. The average Bonchev–Trinajstić information content (AvgIpc) is 3.09. The molecule has 0 saturated carbocycles. The van der Waals surface area contributed by atoms with Crippen molar-refractivity contribution in [2.24, 2.45) is 0 Å². The van der Waals surface area contributed by atoms with Gasteiger partial charge in [-0.2, -0.15) is 0 Å². The van der Waals surface area contributed by atoms with E-state index in [-0.39, 0.29) is 12.0 Å². The van der Waals surface area contributed by atoms with Crippen LogP contribution < -0.4 is 0 Å². The number of pyridine rings is 2. The van der Waals surface area contributed by atoms with Gasteiger partial charge in [0.05, 0.1) is 12.5 Å². The number of nitrogens with zero attached hydrogens (tertiary/aromatic N) is 3. The second-order valence-corrected chi connectivity index (χ2v) is 5.81. The van der Waals surface area contributed by atoms with Crippen LogP contribution in [0.1, 0.15) is 30.4 Å². The van der Waals surface area contributed by atoms with Crippen molar-refractivity contribution >= 4 is 5.91 Å². The van der Waals surface area contributed by atoms with Gasteiger partial charge in [-0.3, -0.25) is 14.8 Å². The number of carbonyl (C=O) groups is 1. The first-order valence-electron chi connectivity index (χ1n) is 7.98. The molecule has 1 aliphatic heterocycles. The maximum Gasteiger partial charge on any atom is 0.225 e. The molecule has 120 valence electrons. The topological polar surface area (TPSA) is 55.3 Å². The normalized spacial score (nSPS) is 17.1. The third-order valence-electron chi connectivity index (χ3n) is 4.00. The molecule has 0 N–H and O–H groups in total. The van der Waals surface area contributed by atoms with Gasteiger partial charge >= 0.3 is 0 Å². The Morgan fingerprint density at radius 3 is 2.65 bits per heavy atom. The summed E-state index contributed by atoms with van der Waals surface area (Å²) in [7, 11) is 0. The van der Waals surface area contributed by atoms with Crippen molar-refractivity contribution in [2.75, 3.05) is 6.61 Å². The van der Waals surface area contributed by atoms with E-state index in [1.807, 2.05) is 29.2 Å². The summed E-state index contributed by atoms with van der Waals surface area (Å²) in [4.78, 5) is 22.8. The molecule has 3 rings (SSSR count). The van der Waals surface area contributed by atoms with Crippen molar-refractivity contribution in [1.29, 1.82) is 0 Å². The van der Waals surface area contributed by atoms with Gasteiger partial charge in [0.1, 0.15) is 0 Å². The van der Waals surface area contributed by atoms with E-state index in [0.717, 1.165) is 30.6 Å². The lowest BCUT2D eigenvalue weighted by molar-refractivity contribution is -0.134. The molecule has 2 aromatic rings. The Bertz CT molecular complexity index is 571. The highest BCUT2D eigenvalue weighted by molar-refractivity contribution is 5.76. The fourth-order valence-corrected chi connectivity index (χ4v) is 2.78. The third kappa shape index (κ3) is 4.60. The van der Waals surface area contributed by atoms with E-state index in [9.17, 15) is 4.79 Å². The van der Waals surface area contributed by atoms with Crippen LogP contribution in [0.3, 0.4) is 0 Å². The van der Waals surface area contributed by atoms with Crippen molar-refractivity contribution in [2.45, 2.75) is 38.5 Å². The van der Waals surface area contributed by atoms with Gasteiger partial charge in [-0.1, -0.05) is 6.07 Å². The fraction of sp³-hybridized carbons (Fsp3) is 0.389. The summed E-state index contributed by atoms with van der Waals surface area (Å²) in [6.45, 7) is 1.90. The molecule has 1 fully saturated rings. The number of ether oxygens (including phenoxy) is 1. The smallest absolute Gasteiger partial charge is 0.225 e. The van der Waals surface area contributed by atoms with Gasteiger partial charge in [-0.25, -0.2) is 0 Å². The largest absolute Gasteiger partial charge is 0.378 e. The van der Waals surface area contributed by atoms with E-state index in [0.29, 0.717) is 19.5 Å². The molecular formula is C18H21N3O2. The Kier molecular flexibility index (Phi) is 5.32. The molecule has 0 unspecified atom stereocenters. The second-order valence-electron chi connectivity index (χ2n) is 5.81. The summed E-state index contributed by atoms with van der Waals surface area (Å²) in [5, 5.41) is 0. The average molecular weight is 311 g/mol. The lowest BCUT2D eigenvalue weighted by Crippen LogP contribution is -2.32. The number of hydrogen-bond donors (Lipinski definition) is 0. The Morgan fingerprint density at radius 2 is 1.96 bits per heavy atom. The molecule has 0 bridgehead atoms. The van der Waals surface area contributed by atoms with E-state index >= 15 is 0 Å². The number of carbonyl (C=O) groups excluding carboxylic acids is 1. The Hall–Kier alpha value is -2.27. The predicted octanol–water partition coefficient (Wildman–Crippen LogP) is 2.57. The highest BCUT2D eigenvalue weighted by Gasteiger charge is 2.23. The minimum atomic E-state index is 0.0661. The van der Waals surface area contributed by atoms with E-state index in [2.05, 4.69) is 9.97 Å². The standard InChI is InChI=1S/C18H21N3O2/c22-18(11-17-4-2-10-23-17)21(13-15-5-8-19-9-6-15)14-16-3-1-7-20-12-16/h1,3,5-9,12,17H,2,4,10-11,13-14H2/t17-/m1/s1. The Labute approximate surface area is 136 Å². The first-order chi connectivity index (χ1) is 11.3. The first kappa shape index (κ1) is 15.6. The highest BCUT2D eigenvalue weighted by atomic mass is 16.5. The van der Waals surface area contributed by atoms with Crippen molar-refractivity contribution in [3.8, 4) is 0 Å². The molecule has 0 radical (unpaired) electrons. The molecule has 5 heteroatoms. The van der Waals surface area contributed by atoms with Gasteiger partial charge in [-0.15, -0.1) is 0 Å². The van der Waals surface area contributed by atoms with Crippen LogP contribution in [0, 0.1) is 0 Å². The minimum absolute atomic E-state index is 0.0661. The first-order valence-corrected chi connectivity index (χ1v) is 7.98. The quantitative estimate of drug-likeness (QED) is 0.823. The molecule has 3 heterocycles. The van der Waals surface area contributed by atoms with Gasteiger partial charge in [-0.05, 0) is 42.2 Å². The molecule has 23 heavy (non-hydrogen) atoms. The molecule has 1 amide bonds. The molecular weight excluding hydrogens is 290 g/mol. The number of hydrogen-bond acceptors (Lipinski definition) is 4. The van der Waals surface area contributed by atoms with Gasteiger partial charge in [0.15, 0.2) is 0 Å². The summed E-state index contributed by atoms with van der Waals surface area (Å²) in [5.41, 5.74) is 2.10. The van der Waals surface area contributed by atoms with E-state index in [4.69, 9.17) is 4.74 Å². The molecule has 0 aliphatic carbocycles. The van der Waals surface area contributed by atoms with Crippen LogP contribution in [-0.2, 0) is 22.6 Å². The lowest BCUT2D eigenvalue weighted by atomic mass is 10.1. The van der Waals surface area contributed by atoms with E-state index < -0.39 is 0 Å². The van der Waals surface area contributed by atoms with Crippen LogP contribution in [0.2, 0.25) is 0 Å². The molecule has 5 nitrogen and oxygen atoms in total. The fourth-order valence-electron chi connectivity index (χ4n) is 2.78. The van der Waals surface area contributed by atoms with E-state index in [1.54, 1.807) is 24.8 Å². The van der Waals surface area contributed by atoms with Crippen molar-refractivity contribution in [3.63, 3.8) is 0 Å². The molecule has 1 saturated heterocycles. The van der Waals surface area contributed by atoms with Gasteiger partial charge in [0.2, 0.25) is 5.91 Å². The highest BCUT2D eigenvalue weighted by Crippen LogP contribution is 2.18. The summed E-state index contributed by atoms with van der Waals surface area (Å²) >= 11 is 0. The molecule has 1 aliphatic rings. The van der Waals surface area contributed by atoms with Crippen molar-refractivity contribution in [3.05, 3.63) is 60.2 Å². The van der Waals surface area contributed by atoms with Crippen LogP contribution in [0.5, 0.6) is 0 Å². The van der Waals surface area contributed by atoms with Gasteiger partial charge in [0.25, 0.3) is 0 Å². The zero-order valence-electron chi connectivity index (χ0n) is 13.1. The summed E-state index contributed by atoms with van der Waals surface area (Å²) in [6.07, 6.45) is 9.59. The Balaban J connectivity index is 1.70. The summed E-state index contributed by atoms with van der Waals surface area (Å²) < 4.78 is 5.60. The number of amides is 1. The second kappa shape index (κ2) is 7.83. The zero-order valence-corrected chi connectivity index (χ0v) is 13.1. The molecule has 1 atom stereocenters. The van der Waals surface area contributed by atoms with Crippen molar-refractivity contribution in [1.82, 2.24) is 14.9 Å². The maximum atomic E-state index is 12.7. The van der Waals surface area contributed by atoms with Gasteiger partial charge in [0, 0.05) is 44.5 Å². The number of aromatic nitrogens is 2. The monoisotopic (exact) mass is 311 g/mol.